The molecule has 4 nitrogen and oxygen atoms in total. The lowest BCUT2D eigenvalue weighted by Crippen LogP contribution is -2.37. The lowest BCUT2D eigenvalue weighted by molar-refractivity contribution is 0.0422. The summed E-state index contributed by atoms with van der Waals surface area (Å²) in [5.74, 6) is 0. The number of nitrogens with zero attached hydrogens (tertiary/aromatic N) is 2. The van der Waals surface area contributed by atoms with E-state index in [4.69, 9.17) is 9.68 Å². The topological polar surface area (TPSA) is 31.1 Å². The normalized spacial score (nSPS) is 28.0. The van der Waals surface area contributed by atoms with Gasteiger partial charge in [0.2, 0.25) is 0 Å². The van der Waals surface area contributed by atoms with Gasteiger partial charge in [-0.2, -0.15) is 0 Å². The lowest BCUT2D eigenvalue weighted by atomic mass is 9.89. The van der Waals surface area contributed by atoms with Crippen molar-refractivity contribution in [3.63, 3.8) is 0 Å². The molecule has 2 fully saturated rings. The van der Waals surface area contributed by atoms with Gasteiger partial charge < -0.3 is 0 Å². The Labute approximate surface area is 156 Å². The smallest absolute Gasteiger partial charge is 0.180 e. The van der Waals surface area contributed by atoms with Gasteiger partial charge in [0.05, 0.1) is 0 Å². The van der Waals surface area contributed by atoms with Crippen molar-refractivity contribution in [3.8, 4) is 0 Å². The molecule has 138 valence electrons. The molecule has 4 heteroatoms. The Morgan fingerprint density at radius 2 is 1.00 bits per heavy atom. The van der Waals surface area contributed by atoms with Crippen LogP contribution in [-0.2, 0) is 9.68 Å². The molecule has 2 aliphatic rings. The fourth-order valence-corrected chi connectivity index (χ4v) is 3.54. The molecule has 4 rings (SSSR count). The van der Waals surface area contributed by atoms with Gasteiger partial charge in [0.25, 0.3) is 0 Å². The first-order valence-corrected chi connectivity index (χ1v) is 9.41. The van der Waals surface area contributed by atoms with Gasteiger partial charge in [-0.25, -0.2) is 0 Å². The number of hydrogen-bond acceptors (Lipinski definition) is 4. The summed E-state index contributed by atoms with van der Waals surface area (Å²) in [7, 11) is 0. The van der Waals surface area contributed by atoms with Crippen LogP contribution in [0.4, 0.5) is 0 Å². The molecule has 4 atom stereocenters. The number of rotatable bonds is 7. The number of benzene rings is 2. The zero-order chi connectivity index (χ0) is 18.4. The van der Waals surface area contributed by atoms with Crippen molar-refractivity contribution in [2.75, 3.05) is 0 Å². The lowest BCUT2D eigenvalue weighted by Gasteiger charge is -2.30. The molecule has 2 saturated heterocycles. The zero-order valence-electron chi connectivity index (χ0n) is 16.1. The Bertz CT molecular complexity index is 680. The van der Waals surface area contributed by atoms with E-state index in [-0.39, 0.29) is 23.5 Å². The molecular weight excluding hydrogens is 324 g/mol. The molecule has 0 amide bonds. The maximum atomic E-state index is 5.89. The average Bonchev–Trinajstić information content (AvgIpc) is 3.54. The fraction of sp³-hybridized carbons (Fsp3) is 0.455. The minimum Gasteiger partial charge on any atom is -0.269 e. The van der Waals surface area contributed by atoms with E-state index in [1.165, 1.54) is 11.1 Å². The van der Waals surface area contributed by atoms with Crippen LogP contribution in [0.15, 0.2) is 60.7 Å². The van der Waals surface area contributed by atoms with Crippen molar-refractivity contribution in [1.29, 1.82) is 0 Å². The first kappa shape index (κ1) is 17.7. The second-order valence-electron chi connectivity index (χ2n) is 8.51. The highest BCUT2D eigenvalue weighted by Gasteiger charge is 2.51. The zero-order valence-corrected chi connectivity index (χ0v) is 16.1. The standard InChI is InChI=1S/C22H28N2O2/c1-21(2,23-19(25-23)17-11-7-5-8-12-17)15-16-22(3,4)24-20(26-24)18-13-9-6-10-14-18/h5-14,19-20H,15-16H2,1-4H3/t19-,20-,23?,24?/m0/s1. The first-order chi connectivity index (χ1) is 12.4. The average molecular weight is 352 g/mol. The predicted molar refractivity (Wildman–Crippen MR) is 102 cm³/mol. The van der Waals surface area contributed by atoms with E-state index < -0.39 is 0 Å². The van der Waals surface area contributed by atoms with Gasteiger partial charge in [-0.3, -0.25) is 9.68 Å². The van der Waals surface area contributed by atoms with Crippen LogP contribution >= 0.6 is 0 Å². The molecule has 0 aromatic heterocycles. The Hall–Kier alpha value is -1.72. The minimum atomic E-state index is -0.0178. The summed E-state index contributed by atoms with van der Waals surface area (Å²) < 4.78 is 0. The van der Waals surface area contributed by atoms with Gasteiger partial charge in [-0.1, -0.05) is 60.7 Å². The second-order valence-corrected chi connectivity index (χ2v) is 8.51. The number of hydrogen-bond donors (Lipinski definition) is 0. The van der Waals surface area contributed by atoms with E-state index in [9.17, 15) is 0 Å². The molecule has 2 aromatic rings. The van der Waals surface area contributed by atoms with Gasteiger partial charge >= 0.3 is 0 Å². The van der Waals surface area contributed by atoms with Gasteiger partial charge in [0, 0.05) is 11.1 Å². The first-order valence-electron chi connectivity index (χ1n) is 9.41. The molecule has 0 bridgehead atoms. The molecule has 2 aromatic carbocycles. The largest absolute Gasteiger partial charge is 0.269 e. The maximum Gasteiger partial charge on any atom is 0.180 e. The Balaban J connectivity index is 1.33. The molecule has 2 aliphatic heterocycles. The highest BCUT2D eigenvalue weighted by molar-refractivity contribution is 5.20. The van der Waals surface area contributed by atoms with E-state index in [2.05, 4.69) is 86.4 Å². The predicted octanol–water partition coefficient (Wildman–Crippen LogP) is 5.22. The van der Waals surface area contributed by atoms with Crippen LogP contribution in [-0.4, -0.2) is 21.2 Å². The van der Waals surface area contributed by atoms with Gasteiger partial charge in [0.1, 0.15) is 0 Å². The monoisotopic (exact) mass is 352 g/mol. The van der Waals surface area contributed by atoms with E-state index in [0.29, 0.717) is 0 Å². The summed E-state index contributed by atoms with van der Waals surface area (Å²) >= 11 is 0. The van der Waals surface area contributed by atoms with Crippen LogP contribution in [0, 0.1) is 0 Å². The van der Waals surface area contributed by atoms with Gasteiger partial charge in [-0.15, -0.1) is 10.1 Å². The summed E-state index contributed by atoms with van der Waals surface area (Å²) in [6, 6.07) is 20.8. The number of hydroxylamine groups is 4. The molecule has 2 unspecified atom stereocenters. The van der Waals surface area contributed by atoms with Crippen molar-refractivity contribution >= 4 is 0 Å². The molecule has 0 aliphatic carbocycles. The van der Waals surface area contributed by atoms with Crippen molar-refractivity contribution in [3.05, 3.63) is 71.8 Å². The quantitative estimate of drug-likeness (QED) is 0.640. The Morgan fingerprint density at radius 1 is 0.654 bits per heavy atom. The molecule has 2 heterocycles. The van der Waals surface area contributed by atoms with Crippen LogP contribution in [0.25, 0.3) is 0 Å². The molecule has 0 spiro atoms. The van der Waals surface area contributed by atoms with E-state index in [1.54, 1.807) is 0 Å². The third-order valence-electron chi connectivity index (χ3n) is 5.47. The summed E-state index contributed by atoms with van der Waals surface area (Å²) in [5, 5.41) is 4.24. The highest BCUT2D eigenvalue weighted by Crippen LogP contribution is 2.48. The molecule has 26 heavy (non-hydrogen) atoms. The fourth-order valence-electron chi connectivity index (χ4n) is 3.54. The van der Waals surface area contributed by atoms with E-state index in [1.807, 2.05) is 12.1 Å². The minimum absolute atomic E-state index is 0.0178. The van der Waals surface area contributed by atoms with Crippen molar-refractivity contribution in [1.82, 2.24) is 10.1 Å². The van der Waals surface area contributed by atoms with Crippen LogP contribution in [0.3, 0.4) is 0 Å². The van der Waals surface area contributed by atoms with Crippen molar-refractivity contribution in [2.24, 2.45) is 0 Å². The summed E-state index contributed by atoms with van der Waals surface area (Å²) in [5.41, 5.74) is 2.41. The van der Waals surface area contributed by atoms with Gasteiger partial charge in [0.15, 0.2) is 12.5 Å². The van der Waals surface area contributed by atoms with Gasteiger partial charge in [-0.05, 0) is 51.7 Å². The van der Waals surface area contributed by atoms with E-state index >= 15 is 0 Å². The molecule has 0 N–H and O–H groups in total. The molecular formula is C22H28N2O2. The SMILES string of the molecule is CC(C)(CCC(C)(C)N1O[C@H]1c1ccccc1)N1O[C@H]1c1ccccc1. The van der Waals surface area contributed by atoms with Crippen LogP contribution in [0.1, 0.15) is 64.1 Å². The van der Waals surface area contributed by atoms with Crippen LogP contribution in [0.2, 0.25) is 0 Å². The Morgan fingerprint density at radius 3 is 1.35 bits per heavy atom. The molecule has 0 radical (unpaired) electrons. The molecule has 0 saturated carbocycles. The second kappa shape index (κ2) is 6.46. The third-order valence-corrected chi connectivity index (χ3v) is 5.47. The van der Waals surface area contributed by atoms with Crippen LogP contribution < -0.4 is 0 Å². The summed E-state index contributed by atoms with van der Waals surface area (Å²) in [6.07, 6.45) is 2.24. The summed E-state index contributed by atoms with van der Waals surface area (Å²) in [4.78, 5) is 11.8. The van der Waals surface area contributed by atoms with Crippen molar-refractivity contribution < 1.29 is 9.68 Å². The van der Waals surface area contributed by atoms with Crippen molar-refractivity contribution in [2.45, 2.75) is 64.1 Å². The van der Waals surface area contributed by atoms with Crippen LogP contribution in [0.5, 0.6) is 0 Å². The summed E-state index contributed by atoms with van der Waals surface area (Å²) in [6.45, 7) is 9.02. The highest BCUT2D eigenvalue weighted by atomic mass is 16.8. The van der Waals surface area contributed by atoms with E-state index in [0.717, 1.165) is 12.8 Å². The maximum absolute atomic E-state index is 5.89. The third kappa shape index (κ3) is 3.55. The Kier molecular flexibility index (Phi) is 4.40.